The van der Waals surface area contributed by atoms with Crippen LogP contribution in [0.5, 0.6) is 0 Å². The molecule has 1 fully saturated rings. The van der Waals surface area contributed by atoms with Crippen molar-refractivity contribution >= 4 is 29.0 Å². The van der Waals surface area contributed by atoms with Gasteiger partial charge in [-0.2, -0.15) is 0 Å². The van der Waals surface area contributed by atoms with Gasteiger partial charge in [0.05, 0.1) is 18.7 Å². The number of urea groups is 1. The van der Waals surface area contributed by atoms with Crippen molar-refractivity contribution in [1.82, 2.24) is 40.1 Å². The lowest BCUT2D eigenvalue weighted by Gasteiger charge is -2.26. The van der Waals surface area contributed by atoms with E-state index in [2.05, 4.69) is 50.8 Å². The number of H-pyrrole nitrogens is 1. The maximum absolute atomic E-state index is 12.0. The monoisotopic (exact) mass is 504 g/mol. The Kier molecular flexibility index (Phi) is 8.54. The summed E-state index contributed by atoms with van der Waals surface area (Å²) < 4.78 is 5.39. The number of carbonyl (C=O) groups excluding carboxylic acids is 1. The van der Waals surface area contributed by atoms with E-state index in [4.69, 9.17) is 4.74 Å². The van der Waals surface area contributed by atoms with Crippen molar-refractivity contribution < 1.29 is 9.53 Å². The van der Waals surface area contributed by atoms with E-state index >= 15 is 0 Å². The number of hydrogen-bond acceptors (Lipinski definition) is 9. The molecule has 0 saturated carbocycles. The summed E-state index contributed by atoms with van der Waals surface area (Å²) in [5.74, 6) is 1.44. The summed E-state index contributed by atoms with van der Waals surface area (Å²) in [4.78, 5) is 39.9. The van der Waals surface area contributed by atoms with Gasteiger partial charge >= 0.3 is 6.03 Å². The number of ether oxygens (including phenoxy) is 1. The fraction of sp³-hybridized carbons (Fsp3) is 0.360. The number of anilines is 2. The Morgan fingerprint density at radius 3 is 2.57 bits per heavy atom. The molecule has 0 aliphatic carbocycles. The molecule has 3 aromatic heterocycles. The number of rotatable bonds is 8. The fourth-order valence-electron chi connectivity index (χ4n) is 3.98. The lowest BCUT2D eigenvalue weighted by Crippen LogP contribution is -2.39. The number of fused-ring (bicyclic) bond motifs is 1. The van der Waals surface area contributed by atoms with Gasteiger partial charge in [-0.15, -0.1) is 0 Å². The van der Waals surface area contributed by atoms with Crippen LogP contribution in [0.4, 0.5) is 16.7 Å². The molecular weight excluding hydrogens is 472 g/mol. The number of morpholine rings is 1. The summed E-state index contributed by atoms with van der Waals surface area (Å²) in [7, 11) is 0. The second-order valence-corrected chi connectivity index (χ2v) is 8.24. The first kappa shape index (κ1) is 25.9. The van der Waals surface area contributed by atoms with Crippen LogP contribution >= 0.6 is 0 Å². The number of carbonyl (C=O) groups is 1. The number of imidazole rings is 1. The molecule has 12 heteroatoms. The highest BCUT2D eigenvalue weighted by Gasteiger charge is 2.16. The van der Waals surface area contributed by atoms with E-state index in [0.29, 0.717) is 29.8 Å². The van der Waals surface area contributed by atoms with Crippen molar-refractivity contribution in [3.63, 3.8) is 0 Å². The van der Waals surface area contributed by atoms with Crippen LogP contribution in [0.2, 0.25) is 0 Å². The van der Waals surface area contributed by atoms with Gasteiger partial charge in [-0.25, -0.2) is 29.7 Å². The molecule has 12 nitrogen and oxygen atoms in total. The SMILES string of the molecule is C.CCNC(=O)Nc1nc2c(-c3ncccn3)cc(-c3cnc(NCCN4CCOCC4)nc3)cc2[nH]1. The van der Waals surface area contributed by atoms with Gasteiger partial charge in [-0.3, -0.25) is 10.2 Å². The van der Waals surface area contributed by atoms with Crippen molar-refractivity contribution in [3.05, 3.63) is 43.0 Å². The molecule has 0 bridgehead atoms. The quantitative estimate of drug-likeness (QED) is 0.284. The van der Waals surface area contributed by atoms with E-state index in [1.54, 1.807) is 30.9 Å². The molecule has 0 unspecified atom stereocenters. The van der Waals surface area contributed by atoms with Crippen LogP contribution in [0, 0.1) is 0 Å². The van der Waals surface area contributed by atoms with Gasteiger partial charge in [0.25, 0.3) is 0 Å². The number of benzene rings is 1. The van der Waals surface area contributed by atoms with Crippen LogP contribution in [0.15, 0.2) is 43.0 Å². The summed E-state index contributed by atoms with van der Waals surface area (Å²) in [6.07, 6.45) is 6.93. The van der Waals surface area contributed by atoms with Gasteiger partial charge in [0.2, 0.25) is 11.9 Å². The van der Waals surface area contributed by atoms with Gasteiger partial charge in [0.15, 0.2) is 5.82 Å². The number of aromatic nitrogens is 6. The highest BCUT2D eigenvalue weighted by Crippen LogP contribution is 2.32. The van der Waals surface area contributed by atoms with Gasteiger partial charge in [-0.1, -0.05) is 7.43 Å². The molecule has 1 saturated heterocycles. The highest BCUT2D eigenvalue weighted by atomic mass is 16.5. The molecule has 4 N–H and O–H groups in total. The van der Waals surface area contributed by atoms with Crippen LogP contribution in [0.25, 0.3) is 33.5 Å². The van der Waals surface area contributed by atoms with Crippen molar-refractivity contribution in [1.29, 1.82) is 0 Å². The summed E-state index contributed by atoms with van der Waals surface area (Å²) in [5.41, 5.74) is 3.82. The standard InChI is InChI=1S/C24H28N10O2.CH4/c1-2-25-24(35)33-23-31-19-13-16(12-18(20(19)32-23)21-26-4-3-5-27-21)17-14-29-22(30-15-17)28-6-7-34-8-10-36-11-9-34;/h3-5,12-15H,2,6-11H2,1H3,(H,28,29,30)(H3,25,31,32,33,35);1H4. The number of aromatic amines is 1. The predicted molar refractivity (Wildman–Crippen MR) is 143 cm³/mol. The molecule has 1 aliphatic rings. The Balaban J connectivity index is 0.00000320. The molecule has 0 spiro atoms. The molecule has 4 heterocycles. The second kappa shape index (κ2) is 12.2. The Labute approximate surface area is 215 Å². The molecule has 5 rings (SSSR count). The zero-order valence-corrected chi connectivity index (χ0v) is 20.0. The predicted octanol–water partition coefficient (Wildman–Crippen LogP) is 3.00. The fourth-order valence-corrected chi connectivity index (χ4v) is 3.98. The highest BCUT2D eigenvalue weighted by molar-refractivity contribution is 5.97. The second-order valence-electron chi connectivity index (χ2n) is 8.24. The first-order valence-corrected chi connectivity index (χ1v) is 11.9. The maximum atomic E-state index is 12.0. The van der Waals surface area contributed by atoms with Crippen LogP contribution < -0.4 is 16.0 Å². The van der Waals surface area contributed by atoms with E-state index in [1.807, 2.05) is 19.1 Å². The van der Waals surface area contributed by atoms with Crippen LogP contribution in [-0.2, 0) is 4.74 Å². The average molecular weight is 505 g/mol. The number of nitrogens with zero attached hydrogens (tertiary/aromatic N) is 6. The molecule has 194 valence electrons. The van der Waals surface area contributed by atoms with E-state index in [0.717, 1.165) is 61.6 Å². The van der Waals surface area contributed by atoms with E-state index in [1.165, 1.54) is 0 Å². The minimum absolute atomic E-state index is 0. The number of nitrogens with one attached hydrogen (secondary N) is 4. The van der Waals surface area contributed by atoms with Crippen LogP contribution in [-0.4, -0.2) is 86.8 Å². The first-order chi connectivity index (χ1) is 17.7. The minimum Gasteiger partial charge on any atom is -0.379 e. The summed E-state index contributed by atoms with van der Waals surface area (Å²) >= 11 is 0. The van der Waals surface area contributed by atoms with Crippen molar-refractivity contribution in [3.8, 4) is 22.5 Å². The Morgan fingerprint density at radius 1 is 1.08 bits per heavy atom. The minimum atomic E-state index is -0.334. The molecule has 2 amide bonds. The third-order valence-corrected chi connectivity index (χ3v) is 5.76. The van der Waals surface area contributed by atoms with Gasteiger partial charge in [0, 0.05) is 68.6 Å². The molecule has 1 aliphatic heterocycles. The summed E-state index contributed by atoms with van der Waals surface area (Å²) in [5, 5.41) is 8.70. The van der Waals surface area contributed by atoms with Gasteiger partial charge in [-0.05, 0) is 30.7 Å². The third kappa shape index (κ3) is 6.35. The molecule has 0 atom stereocenters. The normalized spacial score (nSPS) is 13.6. The third-order valence-electron chi connectivity index (χ3n) is 5.76. The zero-order valence-electron chi connectivity index (χ0n) is 20.0. The first-order valence-electron chi connectivity index (χ1n) is 11.9. The van der Waals surface area contributed by atoms with Gasteiger partial charge in [0.1, 0.15) is 5.52 Å². The van der Waals surface area contributed by atoms with Crippen molar-refractivity contribution in [2.24, 2.45) is 0 Å². The van der Waals surface area contributed by atoms with E-state index < -0.39 is 0 Å². The van der Waals surface area contributed by atoms with Crippen molar-refractivity contribution in [2.75, 3.05) is 56.6 Å². The molecule has 1 aromatic carbocycles. The summed E-state index contributed by atoms with van der Waals surface area (Å²) in [6, 6.07) is 5.33. The Bertz CT molecular complexity index is 1300. The maximum Gasteiger partial charge on any atom is 0.321 e. The molecule has 0 radical (unpaired) electrons. The van der Waals surface area contributed by atoms with E-state index in [9.17, 15) is 4.79 Å². The van der Waals surface area contributed by atoms with Crippen LogP contribution in [0.1, 0.15) is 14.4 Å². The zero-order chi connectivity index (χ0) is 24.7. The summed E-state index contributed by atoms with van der Waals surface area (Å²) in [6.45, 7) is 7.50. The van der Waals surface area contributed by atoms with Crippen LogP contribution in [0.3, 0.4) is 0 Å². The lowest BCUT2D eigenvalue weighted by atomic mass is 10.0. The topological polar surface area (TPSA) is 146 Å². The Morgan fingerprint density at radius 2 is 1.84 bits per heavy atom. The van der Waals surface area contributed by atoms with E-state index in [-0.39, 0.29) is 13.5 Å². The molecule has 4 aromatic rings. The van der Waals surface area contributed by atoms with Crippen molar-refractivity contribution in [2.45, 2.75) is 14.4 Å². The Hall–Kier alpha value is -4.16. The average Bonchev–Trinajstić information content (AvgIpc) is 3.32. The lowest BCUT2D eigenvalue weighted by molar-refractivity contribution is 0.0398. The smallest absolute Gasteiger partial charge is 0.321 e. The molecule has 37 heavy (non-hydrogen) atoms. The van der Waals surface area contributed by atoms with Gasteiger partial charge < -0.3 is 20.4 Å². The number of hydrogen-bond donors (Lipinski definition) is 4. The number of amides is 2. The largest absolute Gasteiger partial charge is 0.379 e. The molecular formula is C25H32N10O2.